The van der Waals surface area contributed by atoms with Gasteiger partial charge in [0.25, 0.3) is 5.91 Å². The number of rotatable bonds is 4. The van der Waals surface area contributed by atoms with Crippen molar-refractivity contribution in [2.45, 2.75) is 6.42 Å². The number of carbonyl (C=O) groups is 1. The van der Waals surface area contributed by atoms with Gasteiger partial charge in [0.1, 0.15) is 11.6 Å². The molecule has 1 N–H and O–H groups in total. The predicted octanol–water partition coefficient (Wildman–Crippen LogP) is 1.52. The molecule has 1 unspecified atom stereocenters. The van der Waals surface area contributed by atoms with E-state index in [0.29, 0.717) is 18.2 Å². The van der Waals surface area contributed by atoms with E-state index in [1.165, 1.54) is 25.3 Å². The lowest BCUT2D eigenvalue weighted by Gasteiger charge is -2.21. The summed E-state index contributed by atoms with van der Waals surface area (Å²) in [5.41, 5.74) is 0.274. The third kappa shape index (κ3) is 3.23. The van der Waals surface area contributed by atoms with Gasteiger partial charge in [0.05, 0.1) is 12.7 Å². The van der Waals surface area contributed by atoms with Crippen molar-refractivity contribution in [3.05, 3.63) is 29.6 Å². The predicted molar refractivity (Wildman–Crippen MR) is 70.9 cm³/mol. The van der Waals surface area contributed by atoms with Gasteiger partial charge in [0, 0.05) is 13.6 Å². The van der Waals surface area contributed by atoms with Gasteiger partial charge >= 0.3 is 0 Å². The highest BCUT2D eigenvalue weighted by molar-refractivity contribution is 5.96. The number of nitrogens with zero attached hydrogens (tertiary/aromatic N) is 1. The SMILES string of the molecule is COc1ccc(F)cc1C(=O)N(C)CC1CCNC1. The molecule has 1 heterocycles. The van der Waals surface area contributed by atoms with E-state index in [0.717, 1.165) is 19.5 Å². The zero-order valence-corrected chi connectivity index (χ0v) is 11.3. The third-order valence-electron chi connectivity index (χ3n) is 3.43. The largest absolute Gasteiger partial charge is 0.496 e. The van der Waals surface area contributed by atoms with Crippen LogP contribution in [0.25, 0.3) is 0 Å². The Hall–Kier alpha value is -1.62. The lowest BCUT2D eigenvalue weighted by atomic mass is 10.1. The van der Waals surface area contributed by atoms with Crippen molar-refractivity contribution in [2.24, 2.45) is 5.92 Å². The fourth-order valence-corrected chi connectivity index (χ4v) is 2.39. The Morgan fingerprint density at radius 2 is 2.37 bits per heavy atom. The van der Waals surface area contributed by atoms with Crippen molar-refractivity contribution in [1.82, 2.24) is 10.2 Å². The van der Waals surface area contributed by atoms with Crippen LogP contribution in [0.15, 0.2) is 18.2 Å². The van der Waals surface area contributed by atoms with Gasteiger partial charge in [0.2, 0.25) is 0 Å². The van der Waals surface area contributed by atoms with Crippen LogP contribution in [0.5, 0.6) is 5.75 Å². The zero-order chi connectivity index (χ0) is 13.8. The Labute approximate surface area is 112 Å². The molecule has 19 heavy (non-hydrogen) atoms. The number of carbonyl (C=O) groups excluding carboxylic acids is 1. The van der Waals surface area contributed by atoms with Crippen LogP contribution in [0.1, 0.15) is 16.8 Å². The van der Waals surface area contributed by atoms with E-state index < -0.39 is 5.82 Å². The van der Waals surface area contributed by atoms with Crippen LogP contribution in [-0.2, 0) is 0 Å². The minimum absolute atomic E-state index is 0.205. The Morgan fingerprint density at radius 1 is 1.58 bits per heavy atom. The third-order valence-corrected chi connectivity index (χ3v) is 3.43. The molecule has 1 aliphatic heterocycles. The first-order valence-corrected chi connectivity index (χ1v) is 6.41. The number of hydrogen-bond donors (Lipinski definition) is 1. The van der Waals surface area contributed by atoms with E-state index in [9.17, 15) is 9.18 Å². The van der Waals surface area contributed by atoms with Crippen molar-refractivity contribution in [3.63, 3.8) is 0 Å². The molecule has 1 aromatic rings. The normalized spacial score (nSPS) is 18.4. The van der Waals surface area contributed by atoms with Crippen LogP contribution in [-0.4, -0.2) is 44.6 Å². The van der Waals surface area contributed by atoms with Gasteiger partial charge in [-0.15, -0.1) is 0 Å². The number of nitrogens with one attached hydrogen (secondary N) is 1. The molecular formula is C14H19FN2O2. The number of methoxy groups -OCH3 is 1. The lowest BCUT2D eigenvalue weighted by molar-refractivity contribution is 0.0772. The quantitative estimate of drug-likeness (QED) is 0.898. The van der Waals surface area contributed by atoms with Crippen LogP contribution < -0.4 is 10.1 Å². The average molecular weight is 266 g/mol. The van der Waals surface area contributed by atoms with E-state index in [1.54, 1.807) is 11.9 Å². The average Bonchev–Trinajstić information content (AvgIpc) is 2.90. The molecule has 1 aromatic carbocycles. The second kappa shape index (κ2) is 6.02. The smallest absolute Gasteiger partial charge is 0.257 e. The molecule has 104 valence electrons. The fraction of sp³-hybridized carbons (Fsp3) is 0.500. The number of ether oxygens (including phenoxy) is 1. The summed E-state index contributed by atoms with van der Waals surface area (Å²) in [6.45, 7) is 2.60. The highest BCUT2D eigenvalue weighted by Gasteiger charge is 2.22. The molecule has 0 aliphatic carbocycles. The molecule has 1 saturated heterocycles. The molecule has 1 fully saturated rings. The molecule has 0 radical (unpaired) electrons. The zero-order valence-electron chi connectivity index (χ0n) is 11.3. The highest BCUT2D eigenvalue weighted by atomic mass is 19.1. The minimum atomic E-state index is -0.430. The van der Waals surface area contributed by atoms with Crippen LogP contribution in [0.3, 0.4) is 0 Å². The van der Waals surface area contributed by atoms with Crippen molar-refractivity contribution in [3.8, 4) is 5.75 Å². The Bertz CT molecular complexity index is 459. The minimum Gasteiger partial charge on any atom is -0.496 e. The van der Waals surface area contributed by atoms with Gasteiger partial charge in [-0.3, -0.25) is 4.79 Å². The Kier molecular flexibility index (Phi) is 4.37. The molecule has 0 bridgehead atoms. The summed E-state index contributed by atoms with van der Waals surface area (Å²) in [4.78, 5) is 14.0. The topological polar surface area (TPSA) is 41.6 Å². The van der Waals surface area contributed by atoms with Crippen molar-refractivity contribution in [1.29, 1.82) is 0 Å². The molecule has 0 aromatic heterocycles. The molecule has 5 heteroatoms. The molecule has 0 spiro atoms. The van der Waals surface area contributed by atoms with Gasteiger partial charge < -0.3 is 15.0 Å². The number of benzene rings is 1. The first kappa shape index (κ1) is 13.8. The monoisotopic (exact) mass is 266 g/mol. The van der Waals surface area contributed by atoms with Crippen LogP contribution in [0.2, 0.25) is 0 Å². The highest BCUT2D eigenvalue weighted by Crippen LogP contribution is 2.21. The summed E-state index contributed by atoms with van der Waals surface area (Å²) in [6.07, 6.45) is 1.07. The molecule has 2 rings (SSSR count). The van der Waals surface area contributed by atoms with Gasteiger partial charge in [-0.25, -0.2) is 4.39 Å². The summed E-state index contributed by atoms with van der Waals surface area (Å²) in [6, 6.07) is 3.99. The molecular weight excluding hydrogens is 247 g/mol. The van der Waals surface area contributed by atoms with Gasteiger partial charge in [0.15, 0.2) is 0 Å². The molecule has 1 amide bonds. The maximum absolute atomic E-state index is 13.3. The van der Waals surface area contributed by atoms with Gasteiger partial charge in [-0.2, -0.15) is 0 Å². The van der Waals surface area contributed by atoms with E-state index in [2.05, 4.69) is 5.32 Å². The number of halogens is 1. The van der Waals surface area contributed by atoms with Crippen molar-refractivity contribution in [2.75, 3.05) is 33.8 Å². The van der Waals surface area contributed by atoms with Gasteiger partial charge in [-0.05, 0) is 43.6 Å². The fourth-order valence-electron chi connectivity index (χ4n) is 2.39. The van der Waals surface area contributed by atoms with E-state index >= 15 is 0 Å². The summed E-state index contributed by atoms with van der Waals surface area (Å²) >= 11 is 0. The second-order valence-electron chi connectivity index (χ2n) is 4.89. The van der Waals surface area contributed by atoms with E-state index in [-0.39, 0.29) is 11.5 Å². The summed E-state index contributed by atoms with van der Waals surface area (Å²) in [5.74, 6) is 0.236. The first-order chi connectivity index (χ1) is 9.11. The maximum Gasteiger partial charge on any atom is 0.257 e. The van der Waals surface area contributed by atoms with E-state index in [1.807, 2.05) is 0 Å². The summed E-state index contributed by atoms with van der Waals surface area (Å²) < 4.78 is 18.4. The van der Waals surface area contributed by atoms with Crippen LogP contribution in [0.4, 0.5) is 4.39 Å². The summed E-state index contributed by atoms with van der Waals surface area (Å²) in [5, 5.41) is 3.27. The van der Waals surface area contributed by atoms with Crippen molar-refractivity contribution >= 4 is 5.91 Å². The Morgan fingerprint density at radius 3 is 3.00 bits per heavy atom. The molecule has 1 atom stereocenters. The summed E-state index contributed by atoms with van der Waals surface area (Å²) in [7, 11) is 3.22. The number of hydrogen-bond acceptors (Lipinski definition) is 3. The van der Waals surface area contributed by atoms with Crippen LogP contribution in [0, 0.1) is 11.7 Å². The Balaban J connectivity index is 2.11. The number of amides is 1. The van der Waals surface area contributed by atoms with E-state index in [4.69, 9.17) is 4.74 Å². The maximum atomic E-state index is 13.3. The van der Waals surface area contributed by atoms with Gasteiger partial charge in [-0.1, -0.05) is 0 Å². The molecule has 4 nitrogen and oxygen atoms in total. The lowest BCUT2D eigenvalue weighted by Crippen LogP contribution is -2.33. The second-order valence-corrected chi connectivity index (χ2v) is 4.89. The molecule has 0 saturated carbocycles. The first-order valence-electron chi connectivity index (χ1n) is 6.41. The standard InChI is InChI=1S/C14H19FN2O2/c1-17(9-10-5-6-16-8-10)14(18)12-7-11(15)3-4-13(12)19-2/h3-4,7,10,16H,5-6,8-9H2,1-2H3. The van der Waals surface area contributed by atoms with Crippen LogP contribution >= 0.6 is 0 Å². The molecule has 1 aliphatic rings. The van der Waals surface area contributed by atoms with Crippen molar-refractivity contribution < 1.29 is 13.9 Å².